The number of methoxy groups -OCH3 is 1. The quantitative estimate of drug-likeness (QED) is 0.799. The zero-order valence-electron chi connectivity index (χ0n) is 12.7. The summed E-state index contributed by atoms with van der Waals surface area (Å²) in [6.45, 7) is 4.20. The Kier molecular flexibility index (Phi) is 4.14. The number of ether oxygens (including phenoxy) is 2. The van der Waals surface area contributed by atoms with Crippen molar-refractivity contribution < 1.29 is 18.7 Å². The molecule has 6 heteroatoms. The highest BCUT2D eigenvalue weighted by Gasteiger charge is 2.56. The normalized spacial score (nSPS) is 27.9. The highest BCUT2D eigenvalue weighted by Crippen LogP contribution is 2.43. The van der Waals surface area contributed by atoms with Gasteiger partial charge in [-0.05, 0) is 18.6 Å². The predicted octanol–water partition coefficient (Wildman–Crippen LogP) is 2.41. The number of hydrogen-bond donors (Lipinski definition) is 0. The van der Waals surface area contributed by atoms with E-state index in [4.69, 9.17) is 21.1 Å². The predicted molar refractivity (Wildman–Crippen MR) is 80.2 cm³/mol. The van der Waals surface area contributed by atoms with Gasteiger partial charge in [-0.3, -0.25) is 9.69 Å². The molecule has 1 aromatic carbocycles. The van der Waals surface area contributed by atoms with Crippen LogP contribution >= 0.6 is 11.6 Å². The highest BCUT2D eigenvalue weighted by molar-refractivity contribution is 6.31. The van der Waals surface area contributed by atoms with Gasteiger partial charge in [-0.15, -0.1) is 0 Å². The molecule has 2 aliphatic rings. The number of esters is 1. The van der Waals surface area contributed by atoms with Crippen LogP contribution in [0.5, 0.6) is 0 Å². The molecule has 0 radical (unpaired) electrons. The van der Waals surface area contributed by atoms with Gasteiger partial charge in [-0.2, -0.15) is 0 Å². The van der Waals surface area contributed by atoms with Crippen molar-refractivity contribution in [1.29, 1.82) is 0 Å². The summed E-state index contributed by atoms with van der Waals surface area (Å²) >= 11 is 6.14. The van der Waals surface area contributed by atoms with Gasteiger partial charge in [0.05, 0.1) is 20.3 Å². The van der Waals surface area contributed by atoms with Crippen LogP contribution in [-0.4, -0.2) is 44.3 Å². The Morgan fingerprint density at radius 1 is 1.59 bits per heavy atom. The summed E-state index contributed by atoms with van der Waals surface area (Å²) in [5, 5.41) is 0.420. The van der Waals surface area contributed by atoms with Crippen LogP contribution in [-0.2, 0) is 20.8 Å². The lowest BCUT2D eigenvalue weighted by atomic mass is 9.81. The van der Waals surface area contributed by atoms with Gasteiger partial charge in [0, 0.05) is 36.1 Å². The number of halogens is 2. The minimum atomic E-state index is -0.623. The summed E-state index contributed by atoms with van der Waals surface area (Å²) in [6.07, 6.45) is 0. The van der Waals surface area contributed by atoms with Crippen LogP contribution in [0.4, 0.5) is 4.39 Å². The van der Waals surface area contributed by atoms with Crippen molar-refractivity contribution in [2.24, 2.45) is 11.3 Å². The van der Waals surface area contributed by atoms with Crippen molar-refractivity contribution in [2.75, 3.05) is 33.4 Å². The summed E-state index contributed by atoms with van der Waals surface area (Å²) < 4.78 is 24.7. The van der Waals surface area contributed by atoms with Crippen LogP contribution in [0.1, 0.15) is 11.1 Å². The number of rotatable bonds is 3. The Morgan fingerprint density at radius 2 is 2.36 bits per heavy atom. The second kappa shape index (κ2) is 5.80. The zero-order valence-corrected chi connectivity index (χ0v) is 13.5. The second-order valence-electron chi connectivity index (χ2n) is 6.19. The molecular weight excluding hydrogens is 309 g/mol. The lowest BCUT2D eigenvalue weighted by Crippen LogP contribution is -2.40. The summed E-state index contributed by atoms with van der Waals surface area (Å²) in [6, 6.07) is 3.38. The Morgan fingerprint density at radius 3 is 3.09 bits per heavy atom. The van der Waals surface area contributed by atoms with Crippen LogP contribution in [0.3, 0.4) is 0 Å². The van der Waals surface area contributed by atoms with E-state index < -0.39 is 5.41 Å². The van der Waals surface area contributed by atoms with Crippen molar-refractivity contribution in [3.05, 3.63) is 34.1 Å². The van der Waals surface area contributed by atoms with Crippen LogP contribution in [0.25, 0.3) is 0 Å². The molecule has 22 heavy (non-hydrogen) atoms. The van der Waals surface area contributed by atoms with Crippen molar-refractivity contribution in [3.8, 4) is 0 Å². The molecule has 1 aromatic rings. The van der Waals surface area contributed by atoms with E-state index in [2.05, 4.69) is 4.90 Å². The van der Waals surface area contributed by atoms with Crippen LogP contribution < -0.4 is 0 Å². The summed E-state index contributed by atoms with van der Waals surface area (Å²) in [5.74, 6) is -0.423. The number of likely N-dealkylation sites (tertiary alicyclic amines) is 1. The Labute approximate surface area is 134 Å². The molecule has 0 aromatic heterocycles. The molecule has 0 N–H and O–H groups in total. The topological polar surface area (TPSA) is 38.8 Å². The van der Waals surface area contributed by atoms with Gasteiger partial charge in [0.2, 0.25) is 0 Å². The minimum absolute atomic E-state index is 0.0894. The first-order valence-electron chi connectivity index (χ1n) is 7.30. The average molecular weight is 328 g/mol. The van der Waals surface area contributed by atoms with Crippen LogP contribution in [0.2, 0.25) is 5.02 Å². The molecule has 3 rings (SSSR count). The highest BCUT2D eigenvalue weighted by atomic mass is 35.5. The number of nitrogens with zero attached hydrogens (tertiary/aromatic N) is 1. The van der Waals surface area contributed by atoms with Crippen molar-refractivity contribution in [2.45, 2.75) is 13.5 Å². The first kappa shape index (κ1) is 15.7. The molecule has 0 aliphatic carbocycles. The molecule has 2 fully saturated rings. The van der Waals surface area contributed by atoms with Gasteiger partial charge >= 0.3 is 5.97 Å². The number of fused-ring (bicyclic) bond motifs is 1. The van der Waals surface area contributed by atoms with Crippen LogP contribution in [0, 0.1) is 24.1 Å². The largest absolute Gasteiger partial charge is 0.468 e. The minimum Gasteiger partial charge on any atom is -0.468 e. The van der Waals surface area contributed by atoms with Crippen molar-refractivity contribution in [1.82, 2.24) is 4.90 Å². The Balaban J connectivity index is 1.82. The number of benzene rings is 1. The van der Waals surface area contributed by atoms with E-state index in [1.165, 1.54) is 7.11 Å². The SMILES string of the molecule is COC(=O)[C@@]12COC[C@@H]1CN(Cc1c(Cl)ccc(C)c1F)C2. The Hall–Kier alpha value is -1.17. The van der Waals surface area contributed by atoms with Crippen molar-refractivity contribution in [3.63, 3.8) is 0 Å². The maximum atomic E-state index is 14.3. The van der Waals surface area contributed by atoms with E-state index in [9.17, 15) is 9.18 Å². The summed E-state index contributed by atoms with van der Waals surface area (Å²) in [4.78, 5) is 14.2. The first-order chi connectivity index (χ1) is 10.5. The number of carbonyl (C=O) groups is 1. The van der Waals surface area contributed by atoms with Gasteiger partial charge < -0.3 is 9.47 Å². The van der Waals surface area contributed by atoms with Gasteiger partial charge in [0.15, 0.2) is 0 Å². The van der Waals surface area contributed by atoms with Gasteiger partial charge in [-0.1, -0.05) is 17.7 Å². The molecule has 2 saturated heterocycles. The molecule has 0 bridgehead atoms. The molecule has 2 aliphatic heterocycles. The van der Waals surface area contributed by atoms with Gasteiger partial charge in [0.25, 0.3) is 0 Å². The molecular formula is C16H19ClFNO3. The average Bonchev–Trinajstić information content (AvgIpc) is 3.04. The standard InChI is InChI=1S/C16H19ClFNO3/c1-10-3-4-13(17)12(14(10)18)6-19-5-11-7-22-9-16(11,8-19)15(20)21-2/h3-4,11H,5-9H2,1-2H3/t11-,16-/m0/s1. The zero-order chi connectivity index (χ0) is 15.9. The van der Waals surface area contributed by atoms with E-state index in [1.807, 2.05) is 0 Å². The lowest BCUT2D eigenvalue weighted by Gasteiger charge is -2.24. The molecule has 0 unspecified atom stereocenters. The monoisotopic (exact) mass is 327 g/mol. The van der Waals surface area contributed by atoms with Gasteiger partial charge in [-0.25, -0.2) is 4.39 Å². The van der Waals surface area contributed by atoms with Crippen LogP contribution in [0.15, 0.2) is 12.1 Å². The molecule has 0 spiro atoms. The fourth-order valence-corrected chi connectivity index (χ4v) is 3.74. The smallest absolute Gasteiger partial charge is 0.315 e. The van der Waals surface area contributed by atoms with E-state index in [-0.39, 0.29) is 17.7 Å². The summed E-state index contributed by atoms with van der Waals surface area (Å²) in [7, 11) is 1.40. The molecule has 2 atom stereocenters. The van der Waals surface area contributed by atoms with Gasteiger partial charge in [0.1, 0.15) is 11.2 Å². The number of carbonyl (C=O) groups excluding carboxylic acids is 1. The molecule has 0 saturated carbocycles. The van der Waals surface area contributed by atoms with E-state index >= 15 is 0 Å². The fraction of sp³-hybridized carbons (Fsp3) is 0.562. The number of hydrogen-bond acceptors (Lipinski definition) is 4. The molecule has 2 heterocycles. The fourth-order valence-electron chi connectivity index (χ4n) is 3.54. The maximum absolute atomic E-state index is 14.3. The molecule has 4 nitrogen and oxygen atoms in total. The lowest BCUT2D eigenvalue weighted by molar-refractivity contribution is -0.153. The maximum Gasteiger partial charge on any atom is 0.315 e. The third kappa shape index (κ3) is 2.41. The van der Waals surface area contributed by atoms with E-state index in [0.29, 0.717) is 49.0 Å². The van der Waals surface area contributed by atoms with E-state index in [0.717, 1.165) is 0 Å². The number of aryl methyl sites for hydroxylation is 1. The second-order valence-corrected chi connectivity index (χ2v) is 6.59. The first-order valence-corrected chi connectivity index (χ1v) is 7.67. The third-order valence-electron chi connectivity index (χ3n) is 4.80. The summed E-state index contributed by atoms with van der Waals surface area (Å²) in [5.41, 5.74) is 0.439. The Bertz CT molecular complexity index is 609. The molecule has 120 valence electrons. The van der Waals surface area contributed by atoms with Crippen molar-refractivity contribution >= 4 is 17.6 Å². The van der Waals surface area contributed by atoms with E-state index in [1.54, 1.807) is 19.1 Å². The third-order valence-corrected chi connectivity index (χ3v) is 5.15. The molecule has 0 amide bonds.